The number of ether oxygens (including phenoxy) is 1. The highest BCUT2D eigenvalue weighted by molar-refractivity contribution is 6.01. The van der Waals surface area contributed by atoms with Gasteiger partial charge in [0, 0.05) is 19.6 Å². The number of carbonyl (C=O) groups is 2. The maximum absolute atomic E-state index is 12.3. The van der Waals surface area contributed by atoms with Crippen LogP contribution in [-0.4, -0.2) is 25.0 Å². The summed E-state index contributed by atoms with van der Waals surface area (Å²) in [5.41, 5.74) is 2.17. The maximum Gasteiger partial charge on any atom is 0.234 e. The molecule has 4 nitrogen and oxygen atoms in total. The normalized spacial score (nSPS) is 30.4. The van der Waals surface area contributed by atoms with E-state index in [2.05, 4.69) is 5.32 Å². The van der Waals surface area contributed by atoms with Crippen molar-refractivity contribution in [3.63, 3.8) is 0 Å². The van der Waals surface area contributed by atoms with Gasteiger partial charge < -0.3 is 4.74 Å². The average molecular weight is 273 g/mol. The van der Waals surface area contributed by atoms with Crippen LogP contribution in [0.1, 0.15) is 29.9 Å². The molecule has 2 fully saturated rings. The minimum atomic E-state index is -0.236. The first kappa shape index (κ1) is 13.3. The van der Waals surface area contributed by atoms with Crippen molar-refractivity contribution in [2.45, 2.75) is 25.7 Å². The minimum absolute atomic E-state index is 0.0569. The summed E-state index contributed by atoms with van der Waals surface area (Å²) in [7, 11) is 0. The number of hydrogen-bond donors (Lipinski definition) is 1. The van der Waals surface area contributed by atoms with Gasteiger partial charge in [-0.25, -0.2) is 0 Å². The van der Waals surface area contributed by atoms with Crippen molar-refractivity contribution in [2.75, 3.05) is 13.2 Å². The van der Waals surface area contributed by atoms with Crippen LogP contribution < -0.4 is 5.32 Å². The fraction of sp³-hybridized carbons (Fsp3) is 0.500. The van der Waals surface area contributed by atoms with Gasteiger partial charge >= 0.3 is 0 Å². The van der Waals surface area contributed by atoms with Gasteiger partial charge in [-0.2, -0.15) is 0 Å². The number of nitrogens with one attached hydrogen (secondary N) is 1. The van der Waals surface area contributed by atoms with E-state index in [-0.39, 0.29) is 23.7 Å². The van der Waals surface area contributed by atoms with Gasteiger partial charge in [0.05, 0.1) is 5.92 Å². The Kier molecular flexibility index (Phi) is 3.57. The Morgan fingerprint density at radius 1 is 1.20 bits per heavy atom. The van der Waals surface area contributed by atoms with E-state index in [0.29, 0.717) is 18.9 Å². The fourth-order valence-electron chi connectivity index (χ4n) is 3.29. The molecule has 2 aliphatic rings. The average Bonchev–Trinajstić information content (AvgIpc) is 2.93. The Labute approximate surface area is 118 Å². The van der Waals surface area contributed by atoms with Crippen LogP contribution in [0.3, 0.4) is 0 Å². The number of hydrogen-bond acceptors (Lipinski definition) is 3. The lowest BCUT2D eigenvalue weighted by atomic mass is 9.73. The summed E-state index contributed by atoms with van der Waals surface area (Å²) < 4.78 is 5.44. The van der Waals surface area contributed by atoms with Gasteiger partial charge in [-0.15, -0.1) is 0 Å². The minimum Gasteiger partial charge on any atom is -0.381 e. The second kappa shape index (κ2) is 5.37. The van der Waals surface area contributed by atoms with E-state index in [9.17, 15) is 9.59 Å². The van der Waals surface area contributed by atoms with Crippen LogP contribution in [0, 0.1) is 18.8 Å². The van der Waals surface area contributed by atoms with Crippen molar-refractivity contribution in [3.8, 4) is 0 Å². The first-order valence-corrected chi connectivity index (χ1v) is 7.13. The van der Waals surface area contributed by atoms with E-state index in [0.717, 1.165) is 18.6 Å². The molecular weight excluding hydrogens is 254 g/mol. The van der Waals surface area contributed by atoms with Crippen molar-refractivity contribution < 1.29 is 14.3 Å². The number of imide groups is 1. The molecule has 1 N–H and O–H groups in total. The lowest BCUT2D eigenvalue weighted by Crippen LogP contribution is -2.46. The predicted octanol–water partition coefficient (Wildman–Crippen LogP) is 1.78. The summed E-state index contributed by atoms with van der Waals surface area (Å²) >= 11 is 0. The molecule has 1 aromatic carbocycles. The summed E-state index contributed by atoms with van der Waals surface area (Å²) in [5, 5.41) is 2.48. The van der Waals surface area contributed by atoms with Crippen LogP contribution in [0.15, 0.2) is 24.3 Å². The summed E-state index contributed by atoms with van der Waals surface area (Å²) in [6, 6.07) is 8.03. The Morgan fingerprint density at radius 3 is 2.60 bits per heavy atom. The molecule has 106 valence electrons. The van der Waals surface area contributed by atoms with Crippen molar-refractivity contribution in [2.24, 2.45) is 11.8 Å². The molecule has 0 bridgehead atoms. The largest absolute Gasteiger partial charge is 0.381 e. The van der Waals surface area contributed by atoms with E-state index in [1.165, 1.54) is 5.56 Å². The molecule has 0 spiro atoms. The first-order chi connectivity index (χ1) is 9.65. The summed E-state index contributed by atoms with van der Waals surface area (Å²) in [5.74, 6) is -0.199. The molecule has 0 aromatic heterocycles. The van der Waals surface area contributed by atoms with Gasteiger partial charge in [0.2, 0.25) is 11.8 Å². The highest BCUT2D eigenvalue weighted by Gasteiger charge is 2.42. The molecule has 2 aliphatic heterocycles. The van der Waals surface area contributed by atoms with Crippen LogP contribution in [0.2, 0.25) is 0 Å². The zero-order valence-corrected chi connectivity index (χ0v) is 11.6. The van der Waals surface area contributed by atoms with E-state index < -0.39 is 0 Å². The zero-order valence-electron chi connectivity index (χ0n) is 11.6. The SMILES string of the molecule is Cc1ccc(C2C(=O)NC(=O)CC2C2CCOC2)cc1. The van der Waals surface area contributed by atoms with E-state index in [4.69, 9.17) is 4.74 Å². The number of benzene rings is 1. The van der Waals surface area contributed by atoms with Crippen LogP contribution in [0.5, 0.6) is 0 Å². The van der Waals surface area contributed by atoms with Crippen LogP contribution in [0.25, 0.3) is 0 Å². The van der Waals surface area contributed by atoms with E-state index in [1.54, 1.807) is 0 Å². The summed E-state index contributed by atoms with van der Waals surface area (Å²) in [4.78, 5) is 24.0. The summed E-state index contributed by atoms with van der Waals surface area (Å²) in [6.45, 7) is 3.42. The fourth-order valence-corrected chi connectivity index (χ4v) is 3.29. The van der Waals surface area contributed by atoms with Gasteiger partial charge in [-0.3, -0.25) is 14.9 Å². The molecule has 2 saturated heterocycles. The third-order valence-corrected chi connectivity index (χ3v) is 4.40. The standard InChI is InChI=1S/C16H19NO3/c1-10-2-4-11(5-3-10)15-13(12-6-7-20-9-12)8-14(18)17-16(15)19/h2-5,12-13,15H,6-9H2,1H3,(H,17,18,19). The van der Waals surface area contributed by atoms with Crippen LogP contribution in [0.4, 0.5) is 0 Å². The molecule has 0 aliphatic carbocycles. The predicted molar refractivity (Wildman–Crippen MR) is 74.1 cm³/mol. The molecule has 1 aromatic rings. The van der Waals surface area contributed by atoms with Crippen molar-refractivity contribution >= 4 is 11.8 Å². The highest BCUT2D eigenvalue weighted by atomic mass is 16.5. The Morgan fingerprint density at radius 2 is 1.95 bits per heavy atom. The second-order valence-electron chi connectivity index (χ2n) is 5.79. The van der Waals surface area contributed by atoms with Gasteiger partial charge in [0.25, 0.3) is 0 Å². The monoisotopic (exact) mass is 273 g/mol. The molecule has 2 heterocycles. The number of amides is 2. The molecule has 0 radical (unpaired) electrons. The van der Waals surface area contributed by atoms with E-state index >= 15 is 0 Å². The summed E-state index contributed by atoms with van der Waals surface area (Å²) in [6.07, 6.45) is 1.35. The number of rotatable bonds is 2. The molecule has 0 saturated carbocycles. The van der Waals surface area contributed by atoms with Crippen LogP contribution >= 0.6 is 0 Å². The Hall–Kier alpha value is -1.68. The van der Waals surface area contributed by atoms with Crippen molar-refractivity contribution in [1.82, 2.24) is 5.32 Å². The third kappa shape index (κ3) is 2.48. The zero-order chi connectivity index (χ0) is 14.1. The Bertz CT molecular complexity index is 517. The molecule has 3 rings (SSSR count). The lowest BCUT2D eigenvalue weighted by molar-refractivity contribution is -0.137. The number of piperidine rings is 1. The van der Waals surface area contributed by atoms with Gasteiger partial charge in [-0.05, 0) is 30.7 Å². The maximum atomic E-state index is 12.3. The van der Waals surface area contributed by atoms with Gasteiger partial charge in [0.1, 0.15) is 0 Å². The molecule has 2 amide bonds. The lowest BCUT2D eigenvalue weighted by Gasteiger charge is -2.33. The van der Waals surface area contributed by atoms with E-state index in [1.807, 2.05) is 31.2 Å². The van der Waals surface area contributed by atoms with Crippen LogP contribution in [-0.2, 0) is 14.3 Å². The highest BCUT2D eigenvalue weighted by Crippen LogP contribution is 2.39. The number of carbonyl (C=O) groups excluding carboxylic acids is 2. The van der Waals surface area contributed by atoms with Crippen molar-refractivity contribution in [1.29, 1.82) is 0 Å². The molecule has 3 atom stereocenters. The Balaban J connectivity index is 1.92. The first-order valence-electron chi connectivity index (χ1n) is 7.13. The molecule has 4 heteroatoms. The van der Waals surface area contributed by atoms with Crippen molar-refractivity contribution in [3.05, 3.63) is 35.4 Å². The smallest absolute Gasteiger partial charge is 0.234 e. The molecule has 20 heavy (non-hydrogen) atoms. The molecule has 3 unspecified atom stereocenters. The topological polar surface area (TPSA) is 55.4 Å². The van der Waals surface area contributed by atoms with Gasteiger partial charge in [-0.1, -0.05) is 29.8 Å². The molecular formula is C16H19NO3. The number of aryl methyl sites for hydroxylation is 1. The second-order valence-corrected chi connectivity index (χ2v) is 5.79. The third-order valence-electron chi connectivity index (χ3n) is 4.40. The van der Waals surface area contributed by atoms with Gasteiger partial charge in [0.15, 0.2) is 0 Å². The quantitative estimate of drug-likeness (QED) is 0.836.